The molecule has 0 aliphatic carbocycles. The molecule has 21 heavy (non-hydrogen) atoms. The van der Waals surface area contributed by atoms with Gasteiger partial charge in [0, 0.05) is 36.8 Å². The van der Waals surface area contributed by atoms with Gasteiger partial charge < -0.3 is 10.0 Å². The molecule has 0 saturated heterocycles. The molecule has 0 fully saturated rings. The Hall–Kier alpha value is -0.770. The number of halogens is 2. The summed E-state index contributed by atoms with van der Waals surface area (Å²) in [4.78, 5) is 6.59. The topological polar surface area (TPSA) is 35.8 Å². The lowest BCUT2D eigenvalue weighted by molar-refractivity contribution is 0.223. The smallest absolute Gasteiger partial charge is 0.0782 e. The van der Waals surface area contributed by atoms with Crippen molar-refractivity contribution in [2.75, 3.05) is 36.4 Å². The van der Waals surface area contributed by atoms with Crippen molar-refractivity contribution in [3.05, 3.63) is 29.3 Å². The van der Waals surface area contributed by atoms with Crippen molar-refractivity contribution in [3.63, 3.8) is 0 Å². The number of hydrogen-bond donors (Lipinski definition) is 1. The quantitative estimate of drug-likeness (QED) is 0.585. The third kappa shape index (κ3) is 5.85. The zero-order valence-corrected chi connectivity index (χ0v) is 14.5. The molecule has 0 aliphatic heterocycles. The summed E-state index contributed by atoms with van der Waals surface area (Å²) in [7, 11) is 0. The van der Waals surface area contributed by atoms with Crippen LogP contribution in [0.5, 0.6) is 0 Å². The molecule has 0 amide bonds. The predicted molar refractivity (Wildman–Crippen MR) is 93.6 cm³/mol. The van der Waals surface area contributed by atoms with Gasteiger partial charge in [0.15, 0.2) is 0 Å². The first-order valence-corrected chi connectivity index (χ1v) is 8.14. The number of anilines is 1. The molecule has 0 bridgehead atoms. The van der Waals surface area contributed by atoms with Gasteiger partial charge >= 0.3 is 0 Å². The van der Waals surface area contributed by atoms with Crippen LogP contribution in [-0.2, 0) is 0 Å². The van der Waals surface area contributed by atoms with Crippen molar-refractivity contribution in [1.29, 1.82) is 0 Å². The molecule has 1 aromatic rings. The number of hydrogen-bond acceptors (Lipinski definition) is 3. The summed E-state index contributed by atoms with van der Waals surface area (Å²) in [6.07, 6.45) is 1.82. The summed E-state index contributed by atoms with van der Waals surface area (Å²) in [6.45, 7) is 7.43. The third-order valence-corrected chi connectivity index (χ3v) is 3.61. The van der Waals surface area contributed by atoms with Crippen molar-refractivity contribution in [3.8, 4) is 0 Å². The first kappa shape index (κ1) is 18.3. The molecule has 0 aromatic heterocycles. The second-order valence-electron chi connectivity index (χ2n) is 5.63. The van der Waals surface area contributed by atoms with Gasteiger partial charge in [0.1, 0.15) is 0 Å². The minimum absolute atomic E-state index is 0.0276. The molecule has 1 rings (SSSR count). The summed E-state index contributed by atoms with van der Waals surface area (Å²) in [5, 5.41) is 9.23. The monoisotopic (exact) mass is 330 g/mol. The molecule has 3 nitrogen and oxygen atoms in total. The number of aliphatic hydroxyl groups excluding tert-OH is 1. The van der Waals surface area contributed by atoms with Crippen LogP contribution >= 0.6 is 23.2 Å². The lowest BCUT2D eigenvalue weighted by Crippen LogP contribution is -2.27. The van der Waals surface area contributed by atoms with Gasteiger partial charge in [-0.3, -0.25) is 4.99 Å². The van der Waals surface area contributed by atoms with E-state index in [4.69, 9.17) is 23.2 Å². The first-order chi connectivity index (χ1) is 9.93. The highest BCUT2D eigenvalue weighted by molar-refractivity contribution is 6.18. The molecule has 1 N–H and O–H groups in total. The van der Waals surface area contributed by atoms with Crippen LogP contribution in [0.3, 0.4) is 0 Å². The highest BCUT2D eigenvalue weighted by Gasteiger charge is 2.13. The molecule has 0 atom stereocenters. The second kappa shape index (κ2) is 8.62. The Labute approximate surface area is 137 Å². The lowest BCUT2D eigenvalue weighted by Gasteiger charge is -2.23. The van der Waals surface area contributed by atoms with Crippen LogP contribution in [0, 0.1) is 6.92 Å². The van der Waals surface area contributed by atoms with E-state index in [0.717, 1.165) is 29.9 Å². The molecule has 0 spiro atoms. The number of rotatable bonds is 8. The van der Waals surface area contributed by atoms with Gasteiger partial charge in [-0.1, -0.05) is 6.07 Å². The molecular weight excluding hydrogens is 307 g/mol. The number of nitrogens with zero attached hydrogens (tertiary/aromatic N) is 2. The minimum atomic E-state index is -0.450. The van der Waals surface area contributed by atoms with Crippen LogP contribution < -0.4 is 4.90 Å². The number of aliphatic imine (C=N–C) groups is 1. The lowest BCUT2D eigenvalue weighted by atomic mass is 10.1. The fraction of sp³-hybridized carbons (Fsp3) is 0.562. The number of alkyl halides is 2. The van der Waals surface area contributed by atoms with Crippen molar-refractivity contribution in [2.45, 2.75) is 26.3 Å². The van der Waals surface area contributed by atoms with Crippen LogP contribution in [-0.4, -0.2) is 48.3 Å². The fourth-order valence-electron chi connectivity index (χ4n) is 1.86. The van der Waals surface area contributed by atoms with Gasteiger partial charge in [-0.2, -0.15) is 0 Å². The molecule has 118 valence electrons. The van der Waals surface area contributed by atoms with Gasteiger partial charge in [-0.05, 0) is 44.0 Å². The summed E-state index contributed by atoms with van der Waals surface area (Å²) < 4.78 is 0. The zero-order chi connectivity index (χ0) is 15.9. The standard InChI is InChI=1S/C16H24Cl2N2O/c1-13-10-15(20(8-6-17)9-7-18)5-4-14(13)11-19-16(2,3)12-21/h4-5,10-11,21H,6-9,12H2,1-3H3. The average Bonchev–Trinajstić information content (AvgIpc) is 2.46. The van der Waals surface area contributed by atoms with Gasteiger partial charge in [0.05, 0.1) is 12.1 Å². The fourth-order valence-corrected chi connectivity index (χ4v) is 2.27. The Balaban J connectivity index is 2.94. The summed E-state index contributed by atoms with van der Waals surface area (Å²) in [5.41, 5.74) is 2.86. The van der Waals surface area contributed by atoms with Crippen LogP contribution in [0.4, 0.5) is 5.69 Å². The largest absolute Gasteiger partial charge is 0.394 e. The van der Waals surface area contributed by atoms with E-state index >= 15 is 0 Å². The van der Waals surface area contributed by atoms with E-state index in [1.54, 1.807) is 0 Å². The second-order valence-corrected chi connectivity index (χ2v) is 6.39. The zero-order valence-electron chi connectivity index (χ0n) is 12.9. The highest BCUT2D eigenvalue weighted by Crippen LogP contribution is 2.19. The van der Waals surface area contributed by atoms with E-state index < -0.39 is 5.54 Å². The maximum absolute atomic E-state index is 9.23. The van der Waals surface area contributed by atoms with Gasteiger partial charge in [-0.15, -0.1) is 23.2 Å². The molecule has 5 heteroatoms. The molecule has 0 aliphatic rings. The third-order valence-electron chi connectivity index (χ3n) is 3.27. The van der Waals surface area contributed by atoms with Crippen LogP contribution in [0.1, 0.15) is 25.0 Å². The number of aliphatic hydroxyl groups is 1. The van der Waals surface area contributed by atoms with Crippen molar-refractivity contribution < 1.29 is 5.11 Å². The summed E-state index contributed by atoms with van der Waals surface area (Å²) >= 11 is 11.7. The molecule has 0 radical (unpaired) electrons. The maximum atomic E-state index is 9.23. The Kier molecular flexibility index (Phi) is 7.50. The predicted octanol–water partition coefficient (Wildman–Crippen LogP) is 3.47. The van der Waals surface area contributed by atoms with Crippen LogP contribution in [0.15, 0.2) is 23.2 Å². The average molecular weight is 331 g/mol. The van der Waals surface area contributed by atoms with E-state index in [-0.39, 0.29) is 6.61 Å². The van der Waals surface area contributed by atoms with E-state index in [0.29, 0.717) is 11.8 Å². The van der Waals surface area contributed by atoms with Gasteiger partial charge in [-0.25, -0.2) is 0 Å². The Morgan fingerprint density at radius 3 is 2.33 bits per heavy atom. The van der Waals surface area contributed by atoms with Gasteiger partial charge in [0.2, 0.25) is 0 Å². The minimum Gasteiger partial charge on any atom is -0.394 e. The molecule has 0 unspecified atom stereocenters. The van der Waals surface area contributed by atoms with E-state index in [2.05, 4.69) is 28.9 Å². The summed E-state index contributed by atoms with van der Waals surface area (Å²) in [6, 6.07) is 6.21. The van der Waals surface area contributed by atoms with Gasteiger partial charge in [0.25, 0.3) is 0 Å². The van der Waals surface area contributed by atoms with Crippen molar-refractivity contribution >= 4 is 35.1 Å². The number of aryl methyl sites for hydroxylation is 1. The first-order valence-electron chi connectivity index (χ1n) is 7.07. The maximum Gasteiger partial charge on any atom is 0.0782 e. The summed E-state index contributed by atoms with van der Waals surface area (Å²) in [5.74, 6) is 1.15. The molecular formula is C16H24Cl2N2O. The SMILES string of the molecule is Cc1cc(N(CCCl)CCCl)ccc1C=NC(C)(C)CO. The van der Waals surface area contributed by atoms with E-state index in [9.17, 15) is 5.11 Å². The highest BCUT2D eigenvalue weighted by atomic mass is 35.5. The van der Waals surface area contributed by atoms with Crippen molar-refractivity contribution in [1.82, 2.24) is 0 Å². The molecule has 1 aromatic carbocycles. The Morgan fingerprint density at radius 2 is 1.86 bits per heavy atom. The molecule has 0 heterocycles. The Morgan fingerprint density at radius 1 is 1.24 bits per heavy atom. The van der Waals surface area contributed by atoms with Crippen LogP contribution in [0.25, 0.3) is 0 Å². The van der Waals surface area contributed by atoms with E-state index in [1.165, 1.54) is 0 Å². The van der Waals surface area contributed by atoms with E-state index in [1.807, 2.05) is 26.1 Å². The Bertz CT molecular complexity index is 469. The molecule has 0 saturated carbocycles. The number of benzene rings is 1. The van der Waals surface area contributed by atoms with Crippen molar-refractivity contribution in [2.24, 2.45) is 4.99 Å². The normalized spacial score (nSPS) is 12.1. The van der Waals surface area contributed by atoms with Crippen LogP contribution in [0.2, 0.25) is 0 Å².